The monoisotopic (exact) mass is 367 g/mol. The van der Waals surface area contributed by atoms with Gasteiger partial charge in [-0.2, -0.15) is 0 Å². The third-order valence-electron chi connectivity index (χ3n) is 3.96. The summed E-state index contributed by atoms with van der Waals surface area (Å²) in [4.78, 5) is 24.2. The summed E-state index contributed by atoms with van der Waals surface area (Å²) in [5, 5.41) is 2.70. The molecule has 1 aliphatic heterocycles. The van der Waals surface area contributed by atoms with Gasteiger partial charge >= 0.3 is 5.97 Å². The van der Waals surface area contributed by atoms with Gasteiger partial charge in [0, 0.05) is 17.8 Å². The fraction of sp³-hybridized carbons (Fsp3) is 0.238. The first-order chi connectivity index (χ1) is 13.0. The number of anilines is 1. The van der Waals surface area contributed by atoms with Crippen LogP contribution in [0.5, 0.6) is 11.5 Å². The van der Waals surface area contributed by atoms with Gasteiger partial charge in [-0.25, -0.2) is 4.79 Å². The Hall–Kier alpha value is -3.28. The molecule has 1 amide bonds. The lowest BCUT2D eigenvalue weighted by Gasteiger charge is -2.19. The molecule has 0 aromatic heterocycles. The maximum Gasteiger partial charge on any atom is 0.331 e. The van der Waals surface area contributed by atoms with Gasteiger partial charge in [0.05, 0.1) is 0 Å². The van der Waals surface area contributed by atoms with Crippen molar-refractivity contribution in [2.24, 2.45) is 0 Å². The average Bonchev–Trinajstić information content (AvgIpc) is 2.67. The minimum Gasteiger partial charge on any atom is -0.486 e. The summed E-state index contributed by atoms with van der Waals surface area (Å²) >= 11 is 0. The molecule has 0 spiro atoms. The quantitative estimate of drug-likeness (QED) is 0.648. The first-order valence-electron chi connectivity index (χ1n) is 8.67. The highest BCUT2D eigenvalue weighted by Gasteiger charge is 2.18. The van der Waals surface area contributed by atoms with E-state index in [2.05, 4.69) is 5.32 Å². The van der Waals surface area contributed by atoms with Crippen LogP contribution in [0, 0.1) is 6.92 Å². The van der Waals surface area contributed by atoms with Crippen molar-refractivity contribution in [3.63, 3.8) is 0 Å². The Morgan fingerprint density at radius 2 is 1.78 bits per heavy atom. The number of esters is 1. The molecule has 6 heteroatoms. The predicted molar refractivity (Wildman–Crippen MR) is 102 cm³/mol. The van der Waals surface area contributed by atoms with Crippen molar-refractivity contribution >= 4 is 23.6 Å². The standard InChI is InChI=1S/C21H21NO5/c1-14-3-5-16(6-4-14)7-10-20(23)27-15(2)21(24)22-17-8-9-18-19(13-17)26-12-11-25-18/h3-10,13,15H,11-12H2,1-2H3,(H,22,24)/b10-7+/t15-/m1/s1. The van der Waals surface area contributed by atoms with Crippen LogP contribution in [0.2, 0.25) is 0 Å². The molecule has 27 heavy (non-hydrogen) atoms. The smallest absolute Gasteiger partial charge is 0.331 e. The van der Waals surface area contributed by atoms with E-state index in [1.54, 1.807) is 24.3 Å². The SMILES string of the molecule is Cc1ccc(/C=C/C(=O)O[C@H](C)C(=O)Nc2ccc3c(c2)OCCO3)cc1. The van der Waals surface area contributed by atoms with E-state index in [1.807, 2.05) is 31.2 Å². The number of ether oxygens (including phenoxy) is 3. The number of nitrogens with one attached hydrogen (secondary N) is 1. The molecule has 0 aliphatic carbocycles. The van der Waals surface area contributed by atoms with E-state index in [-0.39, 0.29) is 0 Å². The minimum absolute atomic E-state index is 0.427. The van der Waals surface area contributed by atoms with Gasteiger partial charge in [-0.3, -0.25) is 4.79 Å². The first kappa shape index (κ1) is 18.5. The zero-order valence-electron chi connectivity index (χ0n) is 15.2. The van der Waals surface area contributed by atoms with E-state index in [9.17, 15) is 9.59 Å². The molecule has 2 aromatic rings. The molecule has 2 aromatic carbocycles. The Morgan fingerprint density at radius 3 is 2.52 bits per heavy atom. The van der Waals surface area contributed by atoms with E-state index in [0.717, 1.165) is 11.1 Å². The van der Waals surface area contributed by atoms with E-state index in [0.29, 0.717) is 30.4 Å². The van der Waals surface area contributed by atoms with Gasteiger partial charge in [0.25, 0.3) is 5.91 Å². The van der Waals surface area contributed by atoms with Crippen LogP contribution in [-0.4, -0.2) is 31.2 Å². The number of benzene rings is 2. The molecule has 0 saturated carbocycles. The second kappa shape index (κ2) is 8.40. The molecule has 3 rings (SSSR count). The van der Waals surface area contributed by atoms with Gasteiger partial charge < -0.3 is 19.5 Å². The van der Waals surface area contributed by atoms with Crippen molar-refractivity contribution in [2.75, 3.05) is 18.5 Å². The number of aryl methyl sites for hydroxylation is 1. The molecule has 0 bridgehead atoms. The predicted octanol–water partition coefficient (Wildman–Crippen LogP) is 3.35. The summed E-state index contributed by atoms with van der Waals surface area (Å²) in [7, 11) is 0. The number of rotatable bonds is 5. The summed E-state index contributed by atoms with van der Waals surface area (Å²) < 4.78 is 16.1. The number of carbonyl (C=O) groups excluding carboxylic acids is 2. The van der Waals surface area contributed by atoms with Gasteiger partial charge in [0.15, 0.2) is 17.6 Å². The zero-order valence-corrected chi connectivity index (χ0v) is 15.2. The van der Waals surface area contributed by atoms with Gasteiger partial charge in [-0.15, -0.1) is 0 Å². The molecular weight excluding hydrogens is 346 g/mol. The summed E-state index contributed by atoms with van der Waals surface area (Å²) in [6.07, 6.45) is 2.01. The molecule has 1 atom stereocenters. The Balaban J connectivity index is 1.54. The van der Waals surface area contributed by atoms with Crippen molar-refractivity contribution < 1.29 is 23.8 Å². The van der Waals surface area contributed by atoms with Crippen LogP contribution in [0.15, 0.2) is 48.5 Å². The van der Waals surface area contributed by atoms with Gasteiger partial charge in [-0.1, -0.05) is 29.8 Å². The van der Waals surface area contributed by atoms with Gasteiger partial charge in [0.2, 0.25) is 0 Å². The molecule has 0 fully saturated rings. The van der Waals surface area contributed by atoms with Crippen LogP contribution in [0.4, 0.5) is 5.69 Å². The van der Waals surface area contributed by atoms with E-state index in [4.69, 9.17) is 14.2 Å². The lowest BCUT2D eigenvalue weighted by molar-refractivity contribution is -0.148. The molecule has 1 heterocycles. The average molecular weight is 367 g/mol. The number of hydrogen-bond acceptors (Lipinski definition) is 5. The van der Waals surface area contributed by atoms with Crippen molar-refractivity contribution in [2.45, 2.75) is 20.0 Å². The highest BCUT2D eigenvalue weighted by Crippen LogP contribution is 2.32. The van der Waals surface area contributed by atoms with Crippen molar-refractivity contribution in [1.82, 2.24) is 0 Å². The number of amides is 1. The Kier molecular flexibility index (Phi) is 5.76. The van der Waals surface area contributed by atoms with E-state index >= 15 is 0 Å². The number of hydrogen-bond donors (Lipinski definition) is 1. The third kappa shape index (κ3) is 5.10. The Morgan fingerprint density at radius 1 is 1.07 bits per heavy atom. The second-order valence-corrected chi connectivity index (χ2v) is 6.17. The molecule has 140 valence electrons. The fourth-order valence-electron chi connectivity index (χ4n) is 2.47. The van der Waals surface area contributed by atoms with Crippen molar-refractivity contribution in [1.29, 1.82) is 0 Å². The van der Waals surface area contributed by atoms with Crippen molar-refractivity contribution in [3.05, 3.63) is 59.7 Å². The molecule has 0 unspecified atom stereocenters. The molecule has 0 saturated heterocycles. The van der Waals surface area contributed by atoms with Crippen LogP contribution in [0.1, 0.15) is 18.1 Å². The van der Waals surface area contributed by atoms with Crippen LogP contribution in [0.25, 0.3) is 6.08 Å². The summed E-state index contributed by atoms with van der Waals surface area (Å²) in [5.41, 5.74) is 2.56. The minimum atomic E-state index is -0.937. The maximum absolute atomic E-state index is 12.2. The molecule has 1 aliphatic rings. The molecule has 1 N–H and O–H groups in total. The van der Waals surface area contributed by atoms with E-state index < -0.39 is 18.0 Å². The second-order valence-electron chi connectivity index (χ2n) is 6.17. The number of carbonyl (C=O) groups is 2. The Bertz CT molecular complexity index is 857. The van der Waals surface area contributed by atoms with Crippen molar-refractivity contribution in [3.8, 4) is 11.5 Å². The number of fused-ring (bicyclic) bond motifs is 1. The summed E-state index contributed by atoms with van der Waals surface area (Å²) in [6.45, 7) is 4.47. The Labute approximate surface area is 157 Å². The van der Waals surface area contributed by atoms with Crippen LogP contribution >= 0.6 is 0 Å². The fourth-order valence-corrected chi connectivity index (χ4v) is 2.47. The van der Waals surface area contributed by atoms with Crippen LogP contribution < -0.4 is 14.8 Å². The molecule has 0 radical (unpaired) electrons. The normalized spacial score (nSPS) is 13.9. The molecular formula is C21H21NO5. The highest BCUT2D eigenvalue weighted by molar-refractivity contribution is 5.96. The van der Waals surface area contributed by atoms with Crippen LogP contribution in [-0.2, 0) is 14.3 Å². The summed E-state index contributed by atoms with van der Waals surface area (Å²) in [6, 6.07) is 12.8. The van der Waals surface area contributed by atoms with Gasteiger partial charge in [0.1, 0.15) is 13.2 Å². The highest BCUT2D eigenvalue weighted by atomic mass is 16.6. The van der Waals surface area contributed by atoms with Gasteiger partial charge in [-0.05, 0) is 37.6 Å². The lowest BCUT2D eigenvalue weighted by Crippen LogP contribution is -2.29. The maximum atomic E-state index is 12.2. The first-order valence-corrected chi connectivity index (χ1v) is 8.67. The third-order valence-corrected chi connectivity index (χ3v) is 3.96. The topological polar surface area (TPSA) is 73.9 Å². The largest absolute Gasteiger partial charge is 0.486 e. The summed E-state index contributed by atoms with van der Waals surface area (Å²) in [5.74, 6) is 0.203. The lowest BCUT2D eigenvalue weighted by atomic mass is 10.1. The zero-order chi connectivity index (χ0) is 19.2. The molecule has 6 nitrogen and oxygen atoms in total. The van der Waals surface area contributed by atoms with Crippen LogP contribution in [0.3, 0.4) is 0 Å². The van der Waals surface area contributed by atoms with E-state index in [1.165, 1.54) is 13.0 Å².